The minimum atomic E-state index is -0.445. The van der Waals surface area contributed by atoms with Crippen LogP contribution in [0.15, 0.2) is 12.1 Å². The molecule has 94 valence electrons. The summed E-state index contributed by atoms with van der Waals surface area (Å²) in [6, 6.07) is 3.48. The number of hydrogen-bond donors (Lipinski definition) is 1. The van der Waals surface area contributed by atoms with Crippen LogP contribution in [0, 0.1) is 5.82 Å². The molecule has 1 unspecified atom stereocenters. The summed E-state index contributed by atoms with van der Waals surface area (Å²) in [6.45, 7) is 1.95. The van der Waals surface area contributed by atoms with E-state index in [0.717, 1.165) is 18.4 Å². The van der Waals surface area contributed by atoms with E-state index >= 15 is 0 Å². The Morgan fingerprint density at radius 2 is 1.94 bits per heavy atom. The molecule has 1 atom stereocenters. The van der Waals surface area contributed by atoms with Gasteiger partial charge >= 0.3 is 0 Å². The average molecular weight is 239 g/mol. The van der Waals surface area contributed by atoms with Gasteiger partial charge in [-0.2, -0.15) is 4.39 Å². The lowest BCUT2D eigenvalue weighted by molar-refractivity contribution is 0.342. The molecular formula is C13H18FNO2. The average Bonchev–Trinajstić information content (AvgIpc) is 3.09. The SMILES string of the molecule is COc1ccc(C2(C(C)N)CC2)c(OC)c1F. The van der Waals surface area contributed by atoms with Gasteiger partial charge in [-0.15, -0.1) is 0 Å². The standard InChI is InChI=1S/C13H18FNO2/c1-8(15)13(6-7-13)9-4-5-10(16-2)11(14)12(9)17-3/h4-5,8H,6-7,15H2,1-3H3. The maximum atomic E-state index is 14.1. The van der Waals surface area contributed by atoms with E-state index in [1.54, 1.807) is 6.07 Å². The summed E-state index contributed by atoms with van der Waals surface area (Å²) in [5.41, 5.74) is 6.73. The van der Waals surface area contributed by atoms with Crippen molar-refractivity contribution in [2.75, 3.05) is 14.2 Å². The third-order valence-corrected chi connectivity index (χ3v) is 3.68. The minimum Gasteiger partial charge on any atom is -0.494 e. The van der Waals surface area contributed by atoms with Gasteiger partial charge in [-0.05, 0) is 25.8 Å². The van der Waals surface area contributed by atoms with Gasteiger partial charge in [0.05, 0.1) is 14.2 Å². The maximum absolute atomic E-state index is 14.1. The maximum Gasteiger partial charge on any atom is 0.207 e. The normalized spacial score (nSPS) is 18.6. The van der Waals surface area contributed by atoms with Gasteiger partial charge in [-0.3, -0.25) is 0 Å². The molecule has 1 aliphatic rings. The van der Waals surface area contributed by atoms with E-state index < -0.39 is 5.82 Å². The summed E-state index contributed by atoms with van der Waals surface area (Å²) in [6.07, 6.45) is 1.96. The molecule has 3 nitrogen and oxygen atoms in total. The van der Waals surface area contributed by atoms with Gasteiger partial charge in [0, 0.05) is 17.0 Å². The number of rotatable bonds is 4. The van der Waals surface area contributed by atoms with E-state index in [2.05, 4.69) is 0 Å². The predicted molar refractivity (Wildman–Crippen MR) is 64.1 cm³/mol. The Morgan fingerprint density at radius 1 is 1.29 bits per heavy atom. The molecule has 4 heteroatoms. The first-order valence-electron chi connectivity index (χ1n) is 5.73. The Morgan fingerprint density at radius 3 is 2.35 bits per heavy atom. The van der Waals surface area contributed by atoms with Crippen molar-refractivity contribution in [2.24, 2.45) is 5.73 Å². The number of halogens is 1. The van der Waals surface area contributed by atoms with Crippen molar-refractivity contribution in [1.29, 1.82) is 0 Å². The zero-order valence-electron chi connectivity index (χ0n) is 10.4. The van der Waals surface area contributed by atoms with Crippen LogP contribution in [0.25, 0.3) is 0 Å². The minimum absolute atomic E-state index is 0.0100. The van der Waals surface area contributed by atoms with Crippen LogP contribution in [-0.4, -0.2) is 20.3 Å². The van der Waals surface area contributed by atoms with E-state index in [1.165, 1.54) is 14.2 Å². The number of nitrogens with two attached hydrogens (primary N) is 1. The highest BCUT2D eigenvalue weighted by atomic mass is 19.1. The van der Waals surface area contributed by atoms with Gasteiger partial charge in [-0.25, -0.2) is 0 Å². The first-order chi connectivity index (χ1) is 8.06. The lowest BCUT2D eigenvalue weighted by Gasteiger charge is -2.23. The zero-order valence-corrected chi connectivity index (χ0v) is 10.4. The van der Waals surface area contributed by atoms with Gasteiger partial charge in [-0.1, -0.05) is 6.07 Å². The van der Waals surface area contributed by atoms with Gasteiger partial charge < -0.3 is 15.2 Å². The molecule has 0 saturated heterocycles. The fourth-order valence-corrected chi connectivity index (χ4v) is 2.39. The van der Waals surface area contributed by atoms with Crippen molar-refractivity contribution in [3.8, 4) is 11.5 Å². The second-order valence-corrected chi connectivity index (χ2v) is 4.61. The van der Waals surface area contributed by atoms with Crippen molar-refractivity contribution in [1.82, 2.24) is 0 Å². The molecule has 17 heavy (non-hydrogen) atoms. The molecule has 0 bridgehead atoms. The summed E-state index contributed by atoms with van der Waals surface area (Å²) in [7, 11) is 2.91. The van der Waals surface area contributed by atoms with Gasteiger partial charge in [0.15, 0.2) is 11.5 Å². The Bertz CT molecular complexity index is 428. The van der Waals surface area contributed by atoms with Crippen LogP contribution in [0.2, 0.25) is 0 Å². The van der Waals surface area contributed by atoms with Gasteiger partial charge in [0.25, 0.3) is 0 Å². The molecule has 0 radical (unpaired) electrons. The van der Waals surface area contributed by atoms with Crippen molar-refractivity contribution < 1.29 is 13.9 Å². The van der Waals surface area contributed by atoms with Crippen molar-refractivity contribution >= 4 is 0 Å². The quantitative estimate of drug-likeness (QED) is 0.876. The number of hydrogen-bond acceptors (Lipinski definition) is 3. The molecule has 1 fully saturated rings. The van der Waals surface area contributed by atoms with Crippen LogP contribution in [0.4, 0.5) is 4.39 Å². The van der Waals surface area contributed by atoms with Crippen LogP contribution in [-0.2, 0) is 5.41 Å². The Labute approximate surface area is 101 Å². The lowest BCUT2D eigenvalue weighted by Crippen LogP contribution is -2.32. The van der Waals surface area contributed by atoms with E-state index in [0.29, 0.717) is 0 Å². The molecule has 1 saturated carbocycles. The van der Waals surface area contributed by atoms with Crippen molar-refractivity contribution in [3.05, 3.63) is 23.5 Å². The van der Waals surface area contributed by atoms with E-state index in [4.69, 9.17) is 15.2 Å². The zero-order chi connectivity index (χ0) is 12.6. The molecule has 0 heterocycles. The number of methoxy groups -OCH3 is 2. The largest absolute Gasteiger partial charge is 0.494 e. The van der Waals surface area contributed by atoms with Crippen LogP contribution in [0.1, 0.15) is 25.3 Å². The fourth-order valence-electron chi connectivity index (χ4n) is 2.39. The first-order valence-corrected chi connectivity index (χ1v) is 5.73. The molecule has 0 spiro atoms. The third kappa shape index (κ3) is 1.76. The molecule has 0 aliphatic heterocycles. The highest BCUT2D eigenvalue weighted by Gasteiger charge is 2.49. The van der Waals surface area contributed by atoms with Crippen LogP contribution in [0.5, 0.6) is 11.5 Å². The van der Waals surface area contributed by atoms with Crippen LogP contribution < -0.4 is 15.2 Å². The highest BCUT2D eigenvalue weighted by molar-refractivity contribution is 5.49. The first kappa shape index (κ1) is 12.2. The second kappa shape index (κ2) is 4.18. The molecule has 2 N–H and O–H groups in total. The Hall–Kier alpha value is -1.29. The molecule has 1 aromatic rings. The molecule has 1 aromatic carbocycles. The summed E-state index contributed by atoms with van der Waals surface area (Å²) >= 11 is 0. The van der Waals surface area contributed by atoms with E-state index in [9.17, 15) is 4.39 Å². The molecular weight excluding hydrogens is 221 g/mol. The smallest absolute Gasteiger partial charge is 0.207 e. The summed E-state index contributed by atoms with van der Waals surface area (Å²) < 4.78 is 24.2. The lowest BCUT2D eigenvalue weighted by atomic mass is 9.88. The van der Waals surface area contributed by atoms with Crippen LogP contribution in [0.3, 0.4) is 0 Å². The highest BCUT2D eigenvalue weighted by Crippen LogP contribution is 2.54. The van der Waals surface area contributed by atoms with Crippen molar-refractivity contribution in [2.45, 2.75) is 31.2 Å². The molecule has 0 amide bonds. The second-order valence-electron chi connectivity index (χ2n) is 4.61. The van der Waals surface area contributed by atoms with Gasteiger partial charge in [0.1, 0.15) is 0 Å². The van der Waals surface area contributed by atoms with Gasteiger partial charge in [0.2, 0.25) is 5.82 Å². The summed E-state index contributed by atoms with van der Waals surface area (Å²) in [5.74, 6) is 0.0182. The number of benzene rings is 1. The topological polar surface area (TPSA) is 44.5 Å². The number of ether oxygens (including phenoxy) is 2. The monoisotopic (exact) mass is 239 g/mol. The third-order valence-electron chi connectivity index (χ3n) is 3.68. The summed E-state index contributed by atoms with van der Waals surface area (Å²) in [4.78, 5) is 0. The fraction of sp³-hybridized carbons (Fsp3) is 0.538. The van der Waals surface area contributed by atoms with Crippen molar-refractivity contribution in [3.63, 3.8) is 0 Å². The molecule has 2 rings (SSSR count). The predicted octanol–water partition coefficient (Wildman–Crippen LogP) is 2.22. The van der Waals surface area contributed by atoms with E-state index in [-0.39, 0.29) is 23.0 Å². The Balaban J connectivity index is 2.52. The summed E-state index contributed by atoms with van der Waals surface area (Å²) in [5, 5.41) is 0. The Kier molecular flexibility index (Phi) is 3.00. The molecule has 0 aromatic heterocycles. The van der Waals surface area contributed by atoms with Crippen LogP contribution >= 0.6 is 0 Å². The van der Waals surface area contributed by atoms with E-state index in [1.807, 2.05) is 13.0 Å². The molecule has 1 aliphatic carbocycles.